The zero-order valence-electron chi connectivity index (χ0n) is 12.4. The molecule has 0 saturated heterocycles. The van der Waals surface area contributed by atoms with Gasteiger partial charge in [0.15, 0.2) is 0 Å². The molecule has 0 amide bonds. The van der Waals surface area contributed by atoms with Crippen molar-refractivity contribution in [1.82, 2.24) is 0 Å². The van der Waals surface area contributed by atoms with Crippen molar-refractivity contribution in [2.45, 2.75) is 33.3 Å². The van der Waals surface area contributed by atoms with Gasteiger partial charge in [-0.3, -0.25) is 4.57 Å². The van der Waals surface area contributed by atoms with E-state index in [9.17, 15) is 4.57 Å². The maximum absolute atomic E-state index is 13.2. The Labute approximate surface area is 120 Å². The number of ether oxygens (including phenoxy) is 2. The van der Waals surface area contributed by atoms with Crippen molar-refractivity contribution in [2.24, 2.45) is 5.73 Å². The Morgan fingerprint density at radius 2 is 1.80 bits per heavy atom. The lowest BCUT2D eigenvalue weighted by Crippen LogP contribution is -2.26. The van der Waals surface area contributed by atoms with Crippen LogP contribution in [0.4, 0.5) is 0 Å². The van der Waals surface area contributed by atoms with Gasteiger partial charge in [-0.1, -0.05) is 12.1 Å². The van der Waals surface area contributed by atoms with Crippen LogP contribution in [0.2, 0.25) is 0 Å². The second-order valence-electron chi connectivity index (χ2n) is 4.11. The average Bonchev–Trinajstić information content (AvgIpc) is 2.47. The van der Waals surface area contributed by atoms with Crippen molar-refractivity contribution in [2.75, 3.05) is 19.8 Å². The molecule has 0 aliphatic rings. The van der Waals surface area contributed by atoms with Gasteiger partial charge in [0.1, 0.15) is 0 Å². The number of hydrogen-bond donors (Lipinski definition) is 1. The Balaban J connectivity index is 3.19. The molecule has 1 atom stereocenters. The molecule has 0 saturated carbocycles. The standard InChI is InChI=1S/C14H24NO4P/c1-4-17-14(18-5-2)20(16,19-6-3)13-9-7-8-12(10-13)11-15/h7-10,14H,4-6,11,15H2,1-3H3. The van der Waals surface area contributed by atoms with Crippen LogP contribution in [0.1, 0.15) is 26.3 Å². The molecule has 0 aliphatic heterocycles. The minimum Gasteiger partial charge on any atom is -0.344 e. The summed E-state index contributed by atoms with van der Waals surface area (Å²) in [5.41, 5.74) is 6.53. The highest BCUT2D eigenvalue weighted by atomic mass is 31.2. The molecule has 0 radical (unpaired) electrons. The predicted molar refractivity (Wildman–Crippen MR) is 80.2 cm³/mol. The third-order valence-electron chi connectivity index (χ3n) is 2.72. The largest absolute Gasteiger partial charge is 0.344 e. The summed E-state index contributed by atoms with van der Waals surface area (Å²) in [5, 5.41) is 0.578. The molecule has 0 heterocycles. The van der Waals surface area contributed by atoms with Crippen LogP contribution >= 0.6 is 7.37 Å². The van der Waals surface area contributed by atoms with Crippen LogP contribution in [-0.4, -0.2) is 25.9 Å². The predicted octanol–water partition coefficient (Wildman–Crippen LogP) is 2.44. The van der Waals surface area contributed by atoms with E-state index in [2.05, 4.69) is 0 Å². The van der Waals surface area contributed by atoms with Gasteiger partial charge in [-0.05, 0) is 38.5 Å². The van der Waals surface area contributed by atoms with Gasteiger partial charge < -0.3 is 19.7 Å². The van der Waals surface area contributed by atoms with Gasteiger partial charge >= 0.3 is 0 Å². The molecule has 6 heteroatoms. The molecule has 0 aromatic heterocycles. The highest BCUT2D eigenvalue weighted by Gasteiger charge is 2.37. The first-order valence-electron chi connectivity index (χ1n) is 6.89. The fraction of sp³-hybridized carbons (Fsp3) is 0.571. The molecule has 0 bridgehead atoms. The van der Waals surface area contributed by atoms with Crippen molar-refractivity contribution in [3.63, 3.8) is 0 Å². The van der Waals surface area contributed by atoms with Gasteiger partial charge in [-0.2, -0.15) is 0 Å². The lowest BCUT2D eigenvalue weighted by Gasteiger charge is -2.27. The molecular weight excluding hydrogens is 277 g/mol. The normalized spacial score (nSPS) is 14.4. The molecule has 0 spiro atoms. The Bertz CT molecular complexity index is 447. The number of rotatable bonds is 9. The van der Waals surface area contributed by atoms with E-state index in [1.54, 1.807) is 19.1 Å². The summed E-state index contributed by atoms with van der Waals surface area (Å²) in [7, 11) is -3.26. The van der Waals surface area contributed by atoms with Crippen molar-refractivity contribution in [3.05, 3.63) is 29.8 Å². The van der Waals surface area contributed by atoms with Gasteiger partial charge in [0, 0.05) is 25.1 Å². The molecule has 0 fully saturated rings. The molecular formula is C14H24NO4P. The maximum atomic E-state index is 13.2. The van der Waals surface area contributed by atoms with E-state index in [-0.39, 0.29) is 0 Å². The van der Waals surface area contributed by atoms with E-state index in [4.69, 9.17) is 19.7 Å². The smallest absolute Gasteiger partial charge is 0.286 e. The van der Waals surface area contributed by atoms with E-state index in [1.165, 1.54) is 0 Å². The summed E-state index contributed by atoms with van der Waals surface area (Å²) in [5.74, 6) is 0. The number of hydrogen-bond acceptors (Lipinski definition) is 5. The molecule has 1 rings (SSSR count). The summed E-state index contributed by atoms with van der Waals surface area (Å²) in [4.78, 5) is 0. The highest BCUT2D eigenvalue weighted by Crippen LogP contribution is 2.51. The fourth-order valence-corrected chi connectivity index (χ4v) is 4.08. The van der Waals surface area contributed by atoms with E-state index in [0.29, 0.717) is 31.7 Å². The second-order valence-corrected chi connectivity index (χ2v) is 6.50. The van der Waals surface area contributed by atoms with Crippen molar-refractivity contribution < 1.29 is 18.6 Å². The average molecular weight is 301 g/mol. The third kappa shape index (κ3) is 4.14. The van der Waals surface area contributed by atoms with E-state index in [0.717, 1.165) is 5.56 Å². The lowest BCUT2D eigenvalue weighted by molar-refractivity contribution is -0.0875. The molecule has 114 valence electrons. The van der Waals surface area contributed by atoms with E-state index >= 15 is 0 Å². The third-order valence-corrected chi connectivity index (χ3v) is 5.22. The van der Waals surface area contributed by atoms with Gasteiger partial charge in [-0.25, -0.2) is 0 Å². The van der Waals surface area contributed by atoms with Crippen LogP contribution in [0.25, 0.3) is 0 Å². The Morgan fingerprint density at radius 1 is 1.15 bits per heavy atom. The van der Waals surface area contributed by atoms with Gasteiger partial charge in [0.25, 0.3) is 7.37 Å². The molecule has 1 aromatic rings. The van der Waals surface area contributed by atoms with Crippen molar-refractivity contribution in [3.8, 4) is 0 Å². The van der Waals surface area contributed by atoms with Crippen molar-refractivity contribution >= 4 is 12.7 Å². The molecule has 20 heavy (non-hydrogen) atoms. The Kier molecular flexibility index (Phi) is 7.41. The van der Waals surface area contributed by atoms with E-state index < -0.39 is 13.4 Å². The zero-order chi connectivity index (χ0) is 15.0. The summed E-state index contributed by atoms with van der Waals surface area (Å²) in [6, 6.07) is 6.38. The summed E-state index contributed by atoms with van der Waals surface area (Å²) >= 11 is 0. The summed E-state index contributed by atoms with van der Waals surface area (Å²) < 4.78 is 29.8. The monoisotopic (exact) mass is 301 g/mol. The van der Waals surface area contributed by atoms with Gasteiger partial charge in [-0.15, -0.1) is 0 Å². The Morgan fingerprint density at radius 3 is 2.30 bits per heavy atom. The van der Waals surface area contributed by atoms with Crippen LogP contribution in [0.15, 0.2) is 24.3 Å². The first-order chi connectivity index (χ1) is 9.62. The summed E-state index contributed by atoms with van der Waals surface area (Å²) in [6.07, 6.45) is 0. The number of benzene rings is 1. The second kappa shape index (κ2) is 8.55. The lowest BCUT2D eigenvalue weighted by atomic mass is 10.2. The van der Waals surface area contributed by atoms with Crippen LogP contribution in [-0.2, 0) is 25.1 Å². The maximum Gasteiger partial charge on any atom is 0.286 e. The molecule has 2 N–H and O–H groups in total. The van der Waals surface area contributed by atoms with Crippen LogP contribution in [0.3, 0.4) is 0 Å². The molecule has 0 aliphatic carbocycles. The van der Waals surface area contributed by atoms with E-state index in [1.807, 2.05) is 26.0 Å². The summed E-state index contributed by atoms with van der Waals surface area (Å²) in [6.45, 7) is 6.97. The Hall–Kier alpha value is -0.710. The minimum absolute atomic E-state index is 0.320. The number of nitrogens with two attached hydrogens (primary N) is 1. The SMILES string of the molecule is CCOC(OCC)P(=O)(OCC)c1cccc(CN)c1. The van der Waals surface area contributed by atoms with Crippen LogP contribution in [0, 0.1) is 0 Å². The van der Waals surface area contributed by atoms with Gasteiger partial charge in [0.05, 0.1) is 6.61 Å². The van der Waals surface area contributed by atoms with Gasteiger partial charge in [0.2, 0.25) is 6.03 Å². The van der Waals surface area contributed by atoms with Crippen LogP contribution in [0.5, 0.6) is 0 Å². The highest BCUT2D eigenvalue weighted by molar-refractivity contribution is 7.67. The first-order valence-corrected chi connectivity index (χ1v) is 8.58. The molecule has 5 nitrogen and oxygen atoms in total. The fourth-order valence-electron chi connectivity index (χ4n) is 1.86. The van der Waals surface area contributed by atoms with Crippen molar-refractivity contribution in [1.29, 1.82) is 0 Å². The molecule has 1 unspecified atom stereocenters. The minimum atomic E-state index is -3.26. The quantitative estimate of drug-likeness (QED) is 0.560. The zero-order valence-corrected chi connectivity index (χ0v) is 13.3. The molecule has 1 aromatic carbocycles. The first kappa shape index (κ1) is 17.3. The topological polar surface area (TPSA) is 70.8 Å². The van der Waals surface area contributed by atoms with Crippen LogP contribution < -0.4 is 11.0 Å².